The zero-order valence-corrected chi connectivity index (χ0v) is 13.4. The number of rotatable bonds is 6. The molecule has 1 amide bonds. The van der Waals surface area contributed by atoms with E-state index < -0.39 is 11.9 Å². The third-order valence-corrected chi connectivity index (χ3v) is 3.80. The Morgan fingerprint density at radius 1 is 1.13 bits per heavy atom. The molecule has 1 N–H and O–H groups in total. The highest BCUT2D eigenvalue weighted by Gasteiger charge is 2.10. The van der Waals surface area contributed by atoms with Crippen molar-refractivity contribution in [2.45, 2.75) is 11.3 Å². The number of esters is 1. The van der Waals surface area contributed by atoms with Crippen LogP contribution in [0.1, 0.15) is 5.56 Å². The summed E-state index contributed by atoms with van der Waals surface area (Å²) in [6.07, 6.45) is 1.91. The fourth-order valence-electron chi connectivity index (χ4n) is 1.90. The third-order valence-electron chi connectivity index (χ3n) is 3.01. The molecule has 2 rings (SSSR count). The van der Waals surface area contributed by atoms with E-state index in [1.807, 2.05) is 24.5 Å². The number of carbonyl (C=O) groups excluding carboxylic acids is 2. The summed E-state index contributed by atoms with van der Waals surface area (Å²) in [7, 11) is 0. The molecule has 0 saturated heterocycles. The molecule has 2 aromatic rings. The molecule has 0 heterocycles. The van der Waals surface area contributed by atoms with Crippen LogP contribution < -0.4 is 5.32 Å². The van der Waals surface area contributed by atoms with Gasteiger partial charge in [0.05, 0.1) is 12.1 Å². The zero-order chi connectivity index (χ0) is 16.7. The van der Waals surface area contributed by atoms with Gasteiger partial charge in [-0.25, -0.2) is 4.39 Å². The molecule has 0 aliphatic rings. The maximum atomic E-state index is 12.8. The van der Waals surface area contributed by atoms with Gasteiger partial charge in [0.2, 0.25) is 0 Å². The molecule has 120 valence electrons. The Balaban J connectivity index is 1.82. The fourth-order valence-corrected chi connectivity index (χ4v) is 2.45. The average Bonchev–Trinajstić information content (AvgIpc) is 2.55. The highest BCUT2D eigenvalue weighted by Crippen LogP contribution is 2.24. The fraction of sp³-hybridized carbons (Fsp3) is 0.176. The van der Waals surface area contributed by atoms with Crippen LogP contribution in [0.4, 0.5) is 10.1 Å². The second-order valence-electron chi connectivity index (χ2n) is 4.71. The zero-order valence-electron chi connectivity index (χ0n) is 12.5. The van der Waals surface area contributed by atoms with Crippen molar-refractivity contribution in [1.29, 1.82) is 0 Å². The maximum absolute atomic E-state index is 12.8. The first kappa shape index (κ1) is 17.0. The predicted octanol–water partition coefficient (Wildman–Crippen LogP) is 3.27. The van der Waals surface area contributed by atoms with Gasteiger partial charge in [-0.3, -0.25) is 9.59 Å². The number of hydrogen-bond donors (Lipinski definition) is 1. The Hall–Kier alpha value is -2.34. The summed E-state index contributed by atoms with van der Waals surface area (Å²) in [6.45, 7) is -0.358. The van der Waals surface area contributed by atoms with Crippen molar-refractivity contribution in [1.82, 2.24) is 0 Å². The van der Waals surface area contributed by atoms with E-state index in [0.717, 1.165) is 4.90 Å². The van der Waals surface area contributed by atoms with Crippen LogP contribution in [-0.2, 0) is 20.7 Å². The van der Waals surface area contributed by atoms with Crippen LogP contribution in [-0.4, -0.2) is 24.7 Å². The first-order valence-corrected chi connectivity index (χ1v) is 8.14. The Labute approximate surface area is 138 Å². The van der Waals surface area contributed by atoms with Crippen molar-refractivity contribution in [2.24, 2.45) is 0 Å². The molecule has 0 fully saturated rings. The molecule has 23 heavy (non-hydrogen) atoms. The Morgan fingerprint density at radius 3 is 2.52 bits per heavy atom. The summed E-state index contributed by atoms with van der Waals surface area (Å²) in [5.74, 6) is -1.31. The second-order valence-corrected chi connectivity index (χ2v) is 5.56. The van der Waals surface area contributed by atoms with Crippen molar-refractivity contribution in [3.8, 4) is 0 Å². The van der Waals surface area contributed by atoms with Crippen molar-refractivity contribution >= 4 is 29.3 Å². The first-order valence-electron chi connectivity index (χ1n) is 6.91. The Bertz CT molecular complexity index is 688. The molecule has 0 saturated carbocycles. The smallest absolute Gasteiger partial charge is 0.310 e. The van der Waals surface area contributed by atoms with Gasteiger partial charge < -0.3 is 10.1 Å². The summed E-state index contributed by atoms with van der Waals surface area (Å²) in [4.78, 5) is 24.4. The maximum Gasteiger partial charge on any atom is 0.310 e. The second kappa shape index (κ2) is 8.33. The van der Waals surface area contributed by atoms with Gasteiger partial charge in [-0.05, 0) is 36.1 Å². The Morgan fingerprint density at radius 2 is 1.83 bits per heavy atom. The summed E-state index contributed by atoms with van der Waals surface area (Å²) in [6, 6.07) is 12.9. The van der Waals surface area contributed by atoms with Crippen molar-refractivity contribution < 1.29 is 18.7 Å². The quantitative estimate of drug-likeness (QED) is 0.651. The van der Waals surface area contributed by atoms with E-state index >= 15 is 0 Å². The summed E-state index contributed by atoms with van der Waals surface area (Å²) in [5, 5.41) is 2.70. The normalized spacial score (nSPS) is 10.2. The molecule has 2 aromatic carbocycles. The van der Waals surface area contributed by atoms with E-state index in [1.54, 1.807) is 6.07 Å². The Kier molecular flexibility index (Phi) is 6.17. The molecule has 0 atom stereocenters. The molecule has 0 bridgehead atoms. The topological polar surface area (TPSA) is 55.4 Å². The number of nitrogens with one attached hydrogen (secondary N) is 1. The number of benzene rings is 2. The molecule has 0 aliphatic heterocycles. The number of carbonyl (C=O) groups is 2. The van der Waals surface area contributed by atoms with Crippen LogP contribution in [0.15, 0.2) is 53.4 Å². The number of amides is 1. The SMILES string of the molecule is CSc1ccccc1NC(=O)COC(=O)Cc1ccc(F)cc1. The third kappa shape index (κ3) is 5.41. The van der Waals surface area contributed by atoms with E-state index in [2.05, 4.69) is 5.32 Å². The predicted molar refractivity (Wildman–Crippen MR) is 87.9 cm³/mol. The van der Waals surface area contributed by atoms with E-state index in [4.69, 9.17) is 4.74 Å². The van der Waals surface area contributed by atoms with Crippen molar-refractivity contribution in [3.63, 3.8) is 0 Å². The van der Waals surface area contributed by atoms with Crippen LogP contribution in [0.3, 0.4) is 0 Å². The minimum absolute atomic E-state index is 0.00500. The van der Waals surface area contributed by atoms with Crippen molar-refractivity contribution in [2.75, 3.05) is 18.2 Å². The highest BCUT2D eigenvalue weighted by molar-refractivity contribution is 7.98. The highest BCUT2D eigenvalue weighted by atomic mass is 32.2. The standard InChI is InChI=1S/C17H16FNO3S/c1-23-15-5-3-2-4-14(15)19-16(20)11-22-17(21)10-12-6-8-13(18)9-7-12/h2-9H,10-11H2,1H3,(H,19,20). The number of hydrogen-bond acceptors (Lipinski definition) is 4. The van der Waals surface area contributed by atoms with E-state index in [0.29, 0.717) is 11.3 Å². The summed E-state index contributed by atoms with van der Waals surface area (Å²) in [5.41, 5.74) is 1.31. The van der Waals surface area contributed by atoms with Crippen molar-refractivity contribution in [3.05, 3.63) is 59.9 Å². The number of anilines is 1. The van der Waals surface area contributed by atoms with Gasteiger partial charge in [0, 0.05) is 4.90 Å². The number of halogens is 1. The van der Waals surface area contributed by atoms with Gasteiger partial charge in [-0.15, -0.1) is 11.8 Å². The van der Waals surface area contributed by atoms with Crippen LogP contribution in [0, 0.1) is 5.82 Å². The molecular formula is C17H16FNO3S. The molecule has 0 radical (unpaired) electrons. The van der Waals surface area contributed by atoms with E-state index in [9.17, 15) is 14.0 Å². The van der Waals surface area contributed by atoms with Crippen LogP contribution in [0.5, 0.6) is 0 Å². The van der Waals surface area contributed by atoms with Crippen LogP contribution >= 0.6 is 11.8 Å². The molecule has 4 nitrogen and oxygen atoms in total. The number of para-hydroxylation sites is 1. The first-order chi connectivity index (χ1) is 11.1. The minimum Gasteiger partial charge on any atom is -0.455 e. The van der Waals surface area contributed by atoms with E-state index in [-0.39, 0.29) is 18.8 Å². The van der Waals surface area contributed by atoms with Gasteiger partial charge in [-0.1, -0.05) is 24.3 Å². The summed E-state index contributed by atoms with van der Waals surface area (Å²) >= 11 is 1.51. The van der Waals surface area contributed by atoms with Gasteiger partial charge in [0.15, 0.2) is 6.61 Å². The summed E-state index contributed by atoms with van der Waals surface area (Å²) < 4.78 is 17.7. The van der Waals surface area contributed by atoms with Gasteiger partial charge in [0.25, 0.3) is 5.91 Å². The lowest BCUT2D eigenvalue weighted by atomic mass is 10.1. The lowest BCUT2D eigenvalue weighted by Gasteiger charge is -2.09. The van der Waals surface area contributed by atoms with Gasteiger partial charge in [0.1, 0.15) is 5.82 Å². The number of thioether (sulfide) groups is 1. The van der Waals surface area contributed by atoms with E-state index in [1.165, 1.54) is 36.0 Å². The largest absolute Gasteiger partial charge is 0.455 e. The minimum atomic E-state index is -0.537. The lowest BCUT2D eigenvalue weighted by molar-refractivity contribution is -0.146. The lowest BCUT2D eigenvalue weighted by Crippen LogP contribution is -2.21. The molecule has 0 aromatic heterocycles. The molecule has 0 aliphatic carbocycles. The molecule has 0 unspecified atom stereocenters. The van der Waals surface area contributed by atoms with Crippen LogP contribution in [0.25, 0.3) is 0 Å². The van der Waals surface area contributed by atoms with Crippen LogP contribution in [0.2, 0.25) is 0 Å². The molecular weight excluding hydrogens is 317 g/mol. The van der Waals surface area contributed by atoms with Gasteiger partial charge >= 0.3 is 5.97 Å². The number of ether oxygens (including phenoxy) is 1. The average molecular weight is 333 g/mol. The molecule has 6 heteroatoms. The monoisotopic (exact) mass is 333 g/mol. The molecule has 0 spiro atoms. The van der Waals surface area contributed by atoms with Gasteiger partial charge in [-0.2, -0.15) is 0 Å².